The van der Waals surface area contributed by atoms with Crippen molar-refractivity contribution in [3.63, 3.8) is 0 Å². The number of aromatic nitrogens is 2. The molecule has 2 N–H and O–H groups in total. The summed E-state index contributed by atoms with van der Waals surface area (Å²) in [6.45, 7) is 3.77. The Morgan fingerprint density at radius 2 is 2.29 bits per heavy atom. The van der Waals surface area contributed by atoms with Crippen molar-refractivity contribution in [2.75, 3.05) is 19.8 Å². The van der Waals surface area contributed by atoms with E-state index in [0.717, 1.165) is 11.3 Å². The van der Waals surface area contributed by atoms with Crippen LogP contribution < -0.4 is 10.6 Å². The number of hydrogen-bond acceptors (Lipinski definition) is 4. The second-order valence-corrected chi connectivity index (χ2v) is 5.38. The van der Waals surface area contributed by atoms with Gasteiger partial charge in [-0.15, -0.1) is 24.8 Å². The van der Waals surface area contributed by atoms with Crippen LogP contribution in [-0.4, -0.2) is 41.3 Å². The topological polar surface area (TPSA) is 68.2 Å². The molecule has 8 heteroatoms. The number of morpholine rings is 1. The number of nitrogens with zero attached hydrogens (tertiary/aromatic N) is 2. The van der Waals surface area contributed by atoms with Crippen LogP contribution in [0, 0.1) is 0 Å². The Balaban J connectivity index is 0.00000144. The highest BCUT2D eigenvalue weighted by molar-refractivity contribution is 5.85. The van der Waals surface area contributed by atoms with Gasteiger partial charge in [0.05, 0.1) is 25.6 Å². The average Bonchev–Trinajstić information content (AvgIpc) is 3.10. The highest BCUT2D eigenvalue weighted by Gasteiger charge is 2.22. The molecule has 1 fully saturated rings. The molecule has 1 aromatic heterocycles. The van der Waals surface area contributed by atoms with Gasteiger partial charge in [0.1, 0.15) is 6.04 Å². The largest absolute Gasteiger partial charge is 0.378 e. The van der Waals surface area contributed by atoms with Gasteiger partial charge in [0.25, 0.3) is 0 Å². The van der Waals surface area contributed by atoms with Gasteiger partial charge in [-0.1, -0.05) is 12.1 Å². The maximum absolute atomic E-state index is 12.2. The molecule has 24 heavy (non-hydrogen) atoms. The summed E-state index contributed by atoms with van der Waals surface area (Å²) in [5.74, 6) is -0.0276. The van der Waals surface area contributed by atoms with E-state index in [0.29, 0.717) is 19.8 Å². The standard InChI is InChI=1S/C16H20N4O2.2ClH/c1-12(19-16(21)15-10-22-8-6-18-15)13-3-2-4-14(9-13)20-7-5-17-11-20;;/h2-5,7,9,11-12,15,18H,6,8,10H2,1H3,(H,19,21);2*1H. The first-order valence-corrected chi connectivity index (χ1v) is 7.44. The molecule has 0 aliphatic carbocycles. The summed E-state index contributed by atoms with van der Waals surface area (Å²) in [6, 6.07) is 7.71. The Morgan fingerprint density at radius 1 is 1.46 bits per heavy atom. The Labute approximate surface area is 153 Å². The second kappa shape index (κ2) is 9.64. The van der Waals surface area contributed by atoms with Crippen LogP contribution in [0.25, 0.3) is 5.69 Å². The fourth-order valence-electron chi connectivity index (χ4n) is 2.50. The molecule has 1 aliphatic rings. The van der Waals surface area contributed by atoms with Crippen molar-refractivity contribution in [3.8, 4) is 5.69 Å². The molecular formula is C16H22Cl2N4O2. The highest BCUT2D eigenvalue weighted by atomic mass is 35.5. The lowest BCUT2D eigenvalue weighted by Gasteiger charge is -2.25. The number of halogens is 2. The third-order valence-electron chi connectivity index (χ3n) is 3.77. The lowest BCUT2D eigenvalue weighted by molar-refractivity contribution is -0.126. The molecular weight excluding hydrogens is 351 g/mol. The molecule has 0 radical (unpaired) electrons. The Kier molecular flexibility index (Phi) is 8.21. The molecule has 3 rings (SSSR count). The summed E-state index contributed by atoms with van der Waals surface area (Å²) in [5.41, 5.74) is 2.08. The fraction of sp³-hybridized carbons (Fsp3) is 0.375. The molecule has 1 saturated heterocycles. The van der Waals surface area contributed by atoms with Crippen molar-refractivity contribution in [3.05, 3.63) is 48.5 Å². The first kappa shape index (κ1) is 20.4. The maximum atomic E-state index is 12.2. The number of benzene rings is 1. The van der Waals surface area contributed by atoms with E-state index in [-0.39, 0.29) is 42.8 Å². The first-order valence-electron chi connectivity index (χ1n) is 7.44. The summed E-state index contributed by atoms with van der Waals surface area (Å²) >= 11 is 0. The van der Waals surface area contributed by atoms with Crippen LogP contribution in [0.1, 0.15) is 18.5 Å². The molecule has 132 valence electrons. The van der Waals surface area contributed by atoms with E-state index in [9.17, 15) is 4.79 Å². The summed E-state index contributed by atoms with van der Waals surface area (Å²) < 4.78 is 7.26. The van der Waals surface area contributed by atoms with Gasteiger partial charge in [-0.3, -0.25) is 4.79 Å². The molecule has 2 aromatic rings. The number of nitrogens with one attached hydrogen (secondary N) is 2. The third kappa shape index (κ3) is 4.95. The van der Waals surface area contributed by atoms with E-state index < -0.39 is 0 Å². The van der Waals surface area contributed by atoms with Gasteiger partial charge in [-0.25, -0.2) is 4.98 Å². The smallest absolute Gasteiger partial charge is 0.240 e. The van der Waals surface area contributed by atoms with Gasteiger partial charge < -0.3 is 19.9 Å². The summed E-state index contributed by atoms with van der Waals surface area (Å²) in [5, 5.41) is 6.19. The van der Waals surface area contributed by atoms with E-state index in [1.807, 2.05) is 35.9 Å². The van der Waals surface area contributed by atoms with Crippen molar-refractivity contribution < 1.29 is 9.53 Å². The highest BCUT2D eigenvalue weighted by Crippen LogP contribution is 2.17. The number of carbonyl (C=O) groups is 1. The van der Waals surface area contributed by atoms with E-state index in [1.54, 1.807) is 12.5 Å². The van der Waals surface area contributed by atoms with Gasteiger partial charge in [0.2, 0.25) is 5.91 Å². The van der Waals surface area contributed by atoms with Crippen LogP contribution in [-0.2, 0) is 9.53 Å². The van der Waals surface area contributed by atoms with Crippen LogP contribution in [0.2, 0.25) is 0 Å². The Bertz CT molecular complexity index is 631. The molecule has 6 nitrogen and oxygen atoms in total. The number of rotatable bonds is 4. The molecule has 0 bridgehead atoms. The average molecular weight is 373 g/mol. The zero-order valence-electron chi connectivity index (χ0n) is 13.3. The number of ether oxygens (including phenoxy) is 1. The molecule has 2 atom stereocenters. The van der Waals surface area contributed by atoms with E-state index in [2.05, 4.69) is 21.7 Å². The molecule has 2 heterocycles. The zero-order valence-corrected chi connectivity index (χ0v) is 15.0. The van der Waals surface area contributed by atoms with Crippen molar-refractivity contribution in [1.82, 2.24) is 20.2 Å². The number of carbonyl (C=O) groups excluding carboxylic acids is 1. The molecule has 0 spiro atoms. The van der Waals surface area contributed by atoms with Crippen molar-refractivity contribution in [2.45, 2.75) is 19.0 Å². The molecule has 1 aromatic carbocycles. The monoisotopic (exact) mass is 372 g/mol. The molecule has 0 saturated carbocycles. The van der Waals surface area contributed by atoms with Gasteiger partial charge in [0.15, 0.2) is 0 Å². The SMILES string of the molecule is CC(NC(=O)C1COCCN1)c1cccc(-n2ccnc2)c1.Cl.Cl. The van der Waals surface area contributed by atoms with Crippen LogP contribution in [0.3, 0.4) is 0 Å². The van der Waals surface area contributed by atoms with Gasteiger partial charge in [0, 0.05) is 24.6 Å². The predicted molar refractivity (Wildman–Crippen MR) is 97.2 cm³/mol. The van der Waals surface area contributed by atoms with Crippen LogP contribution in [0.4, 0.5) is 0 Å². The van der Waals surface area contributed by atoms with Crippen LogP contribution in [0.15, 0.2) is 43.0 Å². The first-order chi connectivity index (χ1) is 10.7. The third-order valence-corrected chi connectivity index (χ3v) is 3.77. The number of amides is 1. The van der Waals surface area contributed by atoms with Crippen molar-refractivity contribution in [1.29, 1.82) is 0 Å². The van der Waals surface area contributed by atoms with Gasteiger partial charge >= 0.3 is 0 Å². The minimum atomic E-state index is -0.270. The van der Waals surface area contributed by atoms with Crippen molar-refractivity contribution >= 4 is 30.7 Å². The molecule has 2 unspecified atom stereocenters. The van der Waals surface area contributed by atoms with E-state index in [4.69, 9.17) is 4.74 Å². The van der Waals surface area contributed by atoms with Crippen molar-refractivity contribution in [2.24, 2.45) is 0 Å². The second-order valence-electron chi connectivity index (χ2n) is 5.38. The summed E-state index contributed by atoms with van der Waals surface area (Å²) in [4.78, 5) is 16.3. The lowest BCUT2D eigenvalue weighted by Crippen LogP contribution is -2.51. The predicted octanol–water partition coefficient (Wildman–Crippen LogP) is 1.88. The fourth-order valence-corrected chi connectivity index (χ4v) is 2.50. The normalized spacial score (nSPS) is 18.0. The van der Waals surface area contributed by atoms with E-state index in [1.165, 1.54) is 0 Å². The Morgan fingerprint density at radius 3 is 2.96 bits per heavy atom. The molecule has 1 aliphatic heterocycles. The Hall–Kier alpha value is -1.60. The minimum Gasteiger partial charge on any atom is -0.378 e. The minimum absolute atomic E-state index is 0. The van der Waals surface area contributed by atoms with Crippen LogP contribution in [0.5, 0.6) is 0 Å². The van der Waals surface area contributed by atoms with E-state index >= 15 is 0 Å². The number of hydrogen-bond donors (Lipinski definition) is 2. The maximum Gasteiger partial charge on any atom is 0.240 e. The van der Waals surface area contributed by atoms with Gasteiger partial charge in [-0.05, 0) is 24.6 Å². The molecule has 1 amide bonds. The summed E-state index contributed by atoms with van der Waals surface area (Å²) in [6.07, 6.45) is 5.39. The van der Waals surface area contributed by atoms with Crippen LogP contribution >= 0.6 is 24.8 Å². The summed E-state index contributed by atoms with van der Waals surface area (Å²) in [7, 11) is 0. The zero-order chi connectivity index (χ0) is 15.4. The van der Waals surface area contributed by atoms with Gasteiger partial charge in [-0.2, -0.15) is 0 Å². The lowest BCUT2D eigenvalue weighted by atomic mass is 10.1. The number of imidazole rings is 1. The quantitative estimate of drug-likeness (QED) is 0.859.